The highest BCUT2D eigenvalue weighted by molar-refractivity contribution is 5.79. The third kappa shape index (κ3) is 8.16. The Morgan fingerprint density at radius 1 is 1.22 bits per heavy atom. The minimum Gasteiger partial charge on any atom is -0.492 e. The Kier molecular flexibility index (Phi) is 10.5. The molecule has 1 aromatic heterocycles. The van der Waals surface area contributed by atoms with Crippen LogP contribution in [0.5, 0.6) is 5.75 Å². The summed E-state index contributed by atoms with van der Waals surface area (Å²) in [6, 6.07) is 8.19. The van der Waals surface area contributed by atoms with Crippen LogP contribution >= 0.6 is 0 Å². The SMILES string of the molecule is CN=C(NCc1cccc(OCCN(C)CCOC)c1)N(C)Cc1cn(C)nc1C(C)C. The molecule has 8 nitrogen and oxygen atoms in total. The smallest absolute Gasteiger partial charge is 0.193 e. The van der Waals surface area contributed by atoms with Crippen LogP contribution in [0.1, 0.15) is 36.6 Å². The van der Waals surface area contributed by atoms with Gasteiger partial charge >= 0.3 is 0 Å². The van der Waals surface area contributed by atoms with Crippen molar-refractivity contribution in [3.63, 3.8) is 0 Å². The lowest BCUT2D eigenvalue weighted by Crippen LogP contribution is -2.38. The van der Waals surface area contributed by atoms with Gasteiger partial charge in [-0.15, -0.1) is 0 Å². The van der Waals surface area contributed by atoms with Crippen LogP contribution in [0.4, 0.5) is 0 Å². The molecule has 0 radical (unpaired) electrons. The Bertz CT molecular complexity index is 849. The van der Waals surface area contributed by atoms with Gasteiger partial charge in [-0.05, 0) is 30.7 Å². The molecule has 0 amide bonds. The largest absolute Gasteiger partial charge is 0.492 e. The van der Waals surface area contributed by atoms with Crippen molar-refractivity contribution in [2.24, 2.45) is 12.0 Å². The summed E-state index contributed by atoms with van der Waals surface area (Å²) in [5.74, 6) is 2.11. The summed E-state index contributed by atoms with van der Waals surface area (Å²) in [6.45, 7) is 8.89. The molecule has 0 spiro atoms. The van der Waals surface area contributed by atoms with Gasteiger partial charge in [-0.1, -0.05) is 26.0 Å². The van der Waals surface area contributed by atoms with Crippen LogP contribution in [0.3, 0.4) is 0 Å². The van der Waals surface area contributed by atoms with Crippen LogP contribution in [-0.4, -0.2) is 80.1 Å². The van der Waals surface area contributed by atoms with E-state index in [2.05, 4.69) is 64.4 Å². The van der Waals surface area contributed by atoms with Crippen molar-refractivity contribution in [2.45, 2.75) is 32.9 Å². The molecule has 178 valence electrons. The van der Waals surface area contributed by atoms with Gasteiger partial charge in [0.15, 0.2) is 5.96 Å². The van der Waals surface area contributed by atoms with E-state index >= 15 is 0 Å². The van der Waals surface area contributed by atoms with Crippen LogP contribution in [0.2, 0.25) is 0 Å². The molecule has 0 aliphatic heterocycles. The van der Waals surface area contributed by atoms with Gasteiger partial charge in [0.2, 0.25) is 0 Å². The molecule has 1 heterocycles. The summed E-state index contributed by atoms with van der Waals surface area (Å²) < 4.78 is 12.9. The van der Waals surface area contributed by atoms with E-state index in [4.69, 9.17) is 9.47 Å². The predicted octanol–water partition coefficient (Wildman–Crippen LogP) is 2.71. The van der Waals surface area contributed by atoms with Crippen molar-refractivity contribution < 1.29 is 9.47 Å². The topological polar surface area (TPSA) is 67.2 Å². The Morgan fingerprint density at radius 2 is 1.97 bits per heavy atom. The molecule has 0 bridgehead atoms. The second-order valence-electron chi connectivity index (χ2n) is 8.42. The van der Waals surface area contributed by atoms with Gasteiger partial charge in [0.1, 0.15) is 12.4 Å². The van der Waals surface area contributed by atoms with Gasteiger partial charge in [0.05, 0.1) is 12.3 Å². The fourth-order valence-electron chi connectivity index (χ4n) is 3.48. The highest BCUT2D eigenvalue weighted by Gasteiger charge is 2.15. The molecule has 0 saturated heterocycles. The molecular formula is C24H40N6O2. The molecular weight excluding hydrogens is 404 g/mol. The van der Waals surface area contributed by atoms with E-state index in [1.807, 2.05) is 38.0 Å². The van der Waals surface area contributed by atoms with Crippen molar-refractivity contribution in [3.05, 3.63) is 47.3 Å². The van der Waals surface area contributed by atoms with E-state index in [1.54, 1.807) is 7.11 Å². The summed E-state index contributed by atoms with van der Waals surface area (Å²) in [6.07, 6.45) is 2.09. The van der Waals surface area contributed by atoms with E-state index in [9.17, 15) is 0 Å². The van der Waals surface area contributed by atoms with Gasteiger partial charge in [-0.25, -0.2) is 0 Å². The highest BCUT2D eigenvalue weighted by Crippen LogP contribution is 2.19. The van der Waals surface area contributed by atoms with Crippen molar-refractivity contribution in [3.8, 4) is 5.75 Å². The molecule has 0 aliphatic carbocycles. The zero-order valence-electron chi connectivity index (χ0n) is 20.8. The van der Waals surface area contributed by atoms with Crippen LogP contribution in [0.15, 0.2) is 35.5 Å². The van der Waals surface area contributed by atoms with E-state index in [1.165, 1.54) is 5.56 Å². The zero-order valence-corrected chi connectivity index (χ0v) is 20.8. The highest BCUT2D eigenvalue weighted by atomic mass is 16.5. The average molecular weight is 445 g/mol. The quantitative estimate of drug-likeness (QED) is 0.401. The van der Waals surface area contributed by atoms with E-state index < -0.39 is 0 Å². The van der Waals surface area contributed by atoms with Crippen molar-refractivity contribution >= 4 is 5.96 Å². The number of rotatable bonds is 12. The average Bonchev–Trinajstić information content (AvgIpc) is 3.13. The molecule has 0 saturated carbocycles. The Labute approximate surface area is 193 Å². The number of aryl methyl sites for hydroxylation is 1. The zero-order chi connectivity index (χ0) is 23.5. The molecule has 2 rings (SSSR count). The fraction of sp³-hybridized carbons (Fsp3) is 0.583. The number of hydrogen-bond acceptors (Lipinski definition) is 5. The number of aromatic nitrogens is 2. The molecule has 2 aromatic rings. The normalized spacial score (nSPS) is 12.0. The maximum atomic E-state index is 5.93. The first-order chi connectivity index (χ1) is 15.3. The van der Waals surface area contributed by atoms with Crippen LogP contribution in [0, 0.1) is 0 Å². The summed E-state index contributed by atoms with van der Waals surface area (Å²) in [4.78, 5) is 8.77. The van der Waals surface area contributed by atoms with Crippen LogP contribution in [0.25, 0.3) is 0 Å². The Hall–Kier alpha value is -2.58. The number of nitrogens with one attached hydrogen (secondary N) is 1. The fourth-order valence-corrected chi connectivity index (χ4v) is 3.48. The minimum absolute atomic E-state index is 0.386. The monoisotopic (exact) mass is 444 g/mol. The third-order valence-corrected chi connectivity index (χ3v) is 5.23. The molecule has 0 fully saturated rings. The molecule has 1 aromatic carbocycles. The number of likely N-dealkylation sites (N-methyl/N-ethyl adjacent to an activating group) is 1. The predicted molar refractivity (Wildman–Crippen MR) is 130 cm³/mol. The lowest BCUT2D eigenvalue weighted by molar-refractivity contribution is 0.150. The lowest BCUT2D eigenvalue weighted by atomic mass is 10.1. The number of hydrogen-bond donors (Lipinski definition) is 1. The van der Waals surface area contributed by atoms with Gasteiger partial charge < -0.3 is 24.6 Å². The molecule has 8 heteroatoms. The second kappa shape index (κ2) is 13.1. The summed E-state index contributed by atoms with van der Waals surface area (Å²) in [5, 5.41) is 8.07. The van der Waals surface area contributed by atoms with Crippen molar-refractivity contribution in [2.75, 3.05) is 54.6 Å². The van der Waals surface area contributed by atoms with E-state index in [0.29, 0.717) is 19.1 Å². The molecule has 0 aliphatic rings. The number of aliphatic imine (C=N–C) groups is 1. The summed E-state index contributed by atoms with van der Waals surface area (Å²) in [5.41, 5.74) is 3.50. The van der Waals surface area contributed by atoms with E-state index in [-0.39, 0.29) is 0 Å². The van der Waals surface area contributed by atoms with Crippen LogP contribution in [-0.2, 0) is 24.9 Å². The van der Waals surface area contributed by atoms with Crippen LogP contribution < -0.4 is 10.1 Å². The second-order valence-corrected chi connectivity index (χ2v) is 8.42. The standard InChI is InChI=1S/C24H40N6O2/c1-19(2)23-21(18-30(6)27-23)17-29(5)24(25-3)26-16-20-9-8-10-22(15-20)32-14-12-28(4)11-13-31-7/h8-10,15,18-19H,11-14,16-17H2,1-7H3,(H,25,26). The van der Waals surface area contributed by atoms with Gasteiger partial charge in [0, 0.05) is 66.2 Å². The molecule has 1 N–H and O–H groups in total. The molecule has 0 unspecified atom stereocenters. The first-order valence-corrected chi connectivity index (χ1v) is 11.2. The van der Waals surface area contributed by atoms with Crippen molar-refractivity contribution in [1.29, 1.82) is 0 Å². The maximum absolute atomic E-state index is 5.93. The Balaban J connectivity index is 1.88. The number of guanidine groups is 1. The van der Waals surface area contributed by atoms with E-state index in [0.717, 1.165) is 49.2 Å². The maximum Gasteiger partial charge on any atom is 0.193 e. The number of ether oxygens (including phenoxy) is 2. The van der Waals surface area contributed by atoms with Gasteiger partial charge in [-0.3, -0.25) is 9.67 Å². The number of nitrogens with zero attached hydrogens (tertiary/aromatic N) is 5. The van der Waals surface area contributed by atoms with Gasteiger partial charge in [-0.2, -0.15) is 5.10 Å². The molecule has 0 atom stereocenters. The number of benzene rings is 1. The third-order valence-electron chi connectivity index (χ3n) is 5.23. The number of methoxy groups -OCH3 is 1. The Morgan fingerprint density at radius 3 is 2.66 bits per heavy atom. The van der Waals surface area contributed by atoms with Gasteiger partial charge in [0.25, 0.3) is 0 Å². The summed E-state index contributed by atoms with van der Waals surface area (Å²) >= 11 is 0. The molecule has 32 heavy (non-hydrogen) atoms. The van der Waals surface area contributed by atoms with Crippen molar-refractivity contribution in [1.82, 2.24) is 24.9 Å². The first kappa shape index (κ1) is 25.7. The minimum atomic E-state index is 0.386. The first-order valence-electron chi connectivity index (χ1n) is 11.2. The summed E-state index contributed by atoms with van der Waals surface area (Å²) in [7, 11) is 9.62. The lowest BCUT2D eigenvalue weighted by Gasteiger charge is -2.22.